The quantitative estimate of drug-likeness (QED) is 0.295. The van der Waals surface area contributed by atoms with Crippen molar-refractivity contribution < 1.29 is 14.6 Å². The fourth-order valence-corrected chi connectivity index (χ4v) is 2.87. The summed E-state index contributed by atoms with van der Waals surface area (Å²) in [6.07, 6.45) is 9.19. The molecule has 0 fully saturated rings. The smallest absolute Gasteiger partial charge is 0.336 e. The molecule has 0 aromatic carbocycles. The van der Waals surface area contributed by atoms with Crippen LogP contribution in [0.5, 0.6) is 0 Å². The number of aliphatic hydroxyl groups excluding tert-OH is 1. The van der Waals surface area contributed by atoms with E-state index in [-0.39, 0.29) is 11.0 Å². The molecule has 0 heterocycles. The van der Waals surface area contributed by atoms with Crippen LogP contribution in [0.3, 0.4) is 0 Å². The number of ether oxygens (including phenoxy) is 1. The minimum Gasteiger partial charge on any atom is -0.463 e. The van der Waals surface area contributed by atoms with Crippen LogP contribution in [0.2, 0.25) is 0 Å². The number of hydrogen-bond donors (Lipinski definition) is 1. The maximum atomic E-state index is 11.8. The van der Waals surface area contributed by atoms with Crippen molar-refractivity contribution >= 4 is 5.97 Å². The summed E-state index contributed by atoms with van der Waals surface area (Å²) in [5, 5.41) is 10.7. The Morgan fingerprint density at radius 1 is 1.05 bits per heavy atom. The molecule has 130 valence electrons. The number of hydrogen-bond acceptors (Lipinski definition) is 3. The van der Waals surface area contributed by atoms with Crippen molar-refractivity contribution in [1.29, 1.82) is 0 Å². The molecule has 0 saturated heterocycles. The second-order valence-corrected chi connectivity index (χ2v) is 6.57. The molecule has 0 spiro atoms. The molecule has 1 N–H and O–H groups in total. The standard InChI is InChI=1S/C19H36O3/c1-6-9-11-12-13-15-19(5,14-10-7-2)17(20)16(4)18(21)22-8-3/h17,20H,4,6-15H2,1-3,5H3. The number of rotatable bonds is 13. The zero-order valence-corrected chi connectivity index (χ0v) is 15.1. The largest absolute Gasteiger partial charge is 0.463 e. The van der Waals surface area contributed by atoms with Gasteiger partial charge in [-0.1, -0.05) is 72.3 Å². The molecule has 0 saturated carbocycles. The second kappa shape index (κ2) is 11.7. The monoisotopic (exact) mass is 312 g/mol. The highest BCUT2D eigenvalue weighted by Crippen LogP contribution is 2.37. The van der Waals surface area contributed by atoms with Gasteiger partial charge < -0.3 is 9.84 Å². The Labute approximate surface area is 137 Å². The summed E-state index contributed by atoms with van der Waals surface area (Å²) in [5.41, 5.74) is -0.0829. The normalized spacial score (nSPS) is 15.1. The van der Waals surface area contributed by atoms with Crippen LogP contribution >= 0.6 is 0 Å². The van der Waals surface area contributed by atoms with Gasteiger partial charge in [0.15, 0.2) is 0 Å². The molecule has 3 heteroatoms. The van der Waals surface area contributed by atoms with Gasteiger partial charge in [0, 0.05) is 0 Å². The third-order valence-corrected chi connectivity index (χ3v) is 4.48. The SMILES string of the molecule is C=C(C(=O)OCC)C(O)C(C)(CCCC)CCCCCCC. The number of unbranched alkanes of at least 4 members (excludes halogenated alkanes) is 5. The van der Waals surface area contributed by atoms with Crippen molar-refractivity contribution in [3.63, 3.8) is 0 Å². The fourth-order valence-electron chi connectivity index (χ4n) is 2.87. The number of carbonyl (C=O) groups excluding carboxylic acids is 1. The molecular formula is C19H36O3. The van der Waals surface area contributed by atoms with Gasteiger partial charge in [-0.05, 0) is 25.2 Å². The summed E-state index contributed by atoms with van der Waals surface area (Å²) in [6, 6.07) is 0. The van der Waals surface area contributed by atoms with Gasteiger partial charge in [-0.2, -0.15) is 0 Å². The van der Waals surface area contributed by atoms with Crippen LogP contribution in [0.15, 0.2) is 12.2 Å². The zero-order valence-electron chi connectivity index (χ0n) is 15.1. The third-order valence-electron chi connectivity index (χ3n) is 4.48. The van der Waals surface area contributed by atoms with E-state index in [2.05, 4.69) is 27.4 Å². The van der Waals surface area contributed by atoms with E-state index < -0.39 is 12.1 Å². The summed E-state index contributed by atoms with van der Waals surface area (Å²) in [4.78, 5) is 11.8. The van der Waals surface area contributed by atoms with Crippen LogP contribution in [0.25, 0.3) is 0 Å². The molecule has 0 aliphatic heterocycles. The summed E-state index contributed by atoms with van der Waals surface area (Å²) < 4.78 is 4.98. The first kappa shape index (κ1) is 21.2. The molecule has 0 amide bonds. The first-order chi connectivity index (χ1) is 10.4. The van der Waals surface area contributed by atoms with Crippen molar-refractivity contribution in [2.45, 2.75) is 91.6 Å². The average molecular weight is 312 g/mol. The number of esters is 1. The molecule has 0 radical (unpaired) electrons. The molecule has 2 unspecified atom stereocenters. The first-order valence-corrected chi connectivity index (χ1v) is 8.96. The van der Waals surface area contributed by atoms with Gasteiger partial charge in [0.05, 0.1) is 18.3 Å². The van der Waals surface area contributed by atoms with E-state index in [1.807, 2.05) is 0 Å². The van der Waals surface area contributed by atoms with Crippen molar-refractivity contribution in [2.75, 3.05) is 6.61 Å². The molecule has 0 rings (SSSR count). The third kappa shape index (κ3) is 7.44. The Hall–Kier alpha value is -0.830. The van der Waals surface area contributed by atoms with Crippen molar-refractivity contribution in [3.05, 3.63) is 12.2 Å². The van der Waals surface area contributed by atoms with E-state index in [9.17, 15) is 9.90 Å². The summed E-state index contributed by atoms with van der Waals surface area (Å²) >= 11 is 0. The minimum atomic E-state index is -0.815. The average Bonchev–Trinajstić information content (AvgIpc) is 2.51. The molecule has 2 atom stereocenters. The Morgan fingerprint density at radius 2 is 1.59 bits per heavy atom. The highest BCUT2D eigenvalue weighted by Gasteiger charge is 2.36. The van der Waals surface area contributed by atoms with E-state index >= 15 is 0 Å². The molecule has 0 aromatic rings. The highest BCUT2D eigenvalue weighted by atomic mass is 16.5. The maximum Gasteiger partial charge on any atom is 0.336 e. The number of aliphatic hydroxyl groups is 1. The summed E-state index contributed by atoms with van der Waals surface area (Å²) in [5.74, 6) is -0.469. The van der Waals surface area contributed by atoms with E-state index in [1.165, 1.54) is 25.7 Å². The van der Waals surface area contributed by atoms with Crippen molar-refractivity contribution in [3.8, 4) is 0 Å². The molecular weight excluding hydrogens is 276 g/mol. The van der Waals surface area contributed by atoms with Gasteiger partial charge in [0.25, 0.3) is 0 Å². The van der Waals surface area contributed by atoms with Crippen LogP contribution in [-0.2, 0) is 9.53 Å². The van der Waals surface area contributed by atoms with Gasteiger partial charge in [0.1, 0.15) is 0 Å². The lowest BCUT2D eigenvalue weighted by Gasteiger charge is -2.35. The van der Waals surface area contributed by atoms with Crippen LogP contribution < -0.4 is 0 Å². The highest BCUT2D eigenvalue weighted by molar-refractivity contribution is 5.88. The Kier molecular flexibility index (Phi) is 11.3. The summed E-state index contributed by atoms with van der Waals surface area (Å²) in [7, 11) is 0. The predicted molar refractivity (Wildman–Crippen MR) is 92.8 cm³/mol. The fraction of sp³-hybridized carbons (Fsp3) is 0.842. The molecule has 22 heavy (non-hydrogen) atoms. The summed E-state index contributed by atoms with van der Waals surface area (Å²) in [6.45, 7) is 12.3. The Morgan fingerprint density at radius 3 is 2.14 bits per heavy atom. The van der Waals surface area contributed by atoms with Crippen LogP contribution in [0, 0.1) is 5.41 Å². The lowest BCUT2D eigenvalue weighted by atomic mass is 9.73. The second-order valence-electron chi connectivity index (χ2n) is 6.57. The van der Waals surface area contributed by atoms with Gasteiger partial charge in [-0.15, -0.1) is 0 Å². The van der Waals surface area contributed by atoms with Crippen LogP contribution in [-0.4, -0.2) is 23.8 Å². The van der Waals surface area contributed by atoms with Crippen LogP contribution in [0.1, 0.15) is 85.5 Å². The van der Waals surface area contributed by atoms with Gasteiger partial charge in [0.2, 0.25) is 0 Å². The zero-order chi connectivity index (χ0) is 17.0. The number of carbonyl (C=O) groups is 1. The molecule has 0 bridgehead atoms. The van der Waals surface area contributed by atoms with Crippen LogP contribution in [0.4, 0.5) is 0 Å². The van der Waals surface area contributed by atoms with Crippen molar-refractivity contribution in [2.24, 2.45) is 5.41 Å². The topological polar surface area (TPSA) is 46.5 Å². The first-order valence-electron chi connectivity index (χ1n) is 8.96. The van der Waals surface area contributed by atoms with Crippen molar-refractivity contribution in [1.82, 2.24) is 0 Å². The molecule has 3 nitrogen and oxygen atoms in total. The van der Waals surface area contributed by atoms with E-state index in [0.717, 1.165) is 32.1 Å². The lowest BCUT2D eigenvalue weighted by molar-refractivity contribution is -0.140. The van der Waals surface area contributed by atoms with E-state index in [1.54, 1.807) is 6.92 Å². The Balaban J connectivity index is 4.69. The van der Waals surface area contributed by atoms with E-state index in [0.29, 0.717) is 6.61 Å². The minimum absolute atomic E-state index is 0.203. The molecule has 0 aliphatic rings. The molecule has 0 aliphatic carbocycles. The molecule has 0 aromatic heterocycles. The maximum absolute atomic E-state index is 11.8. The van der Waals surface area contributed by atoms with Gasteiger partial charge in [-0.3, -0.25) is 0 Å². The Bertz CT molecular complexity index is 325. The van der Waals surface area contributed by atoms with Gasteiger partial charge in [-0.25, -0.2) is 4.79 Å². The lowest BCUT2D eigenvalue weighted by Crippen LogP contribution is -2.36. The van der Waals surface area contributed by atoms with Gasteiger partial charge >= 0.3 is 5.97 Å². The van der Waals surface area contributed by atoms with E-state index in [4.69, 9.17) is 4.74 Å². The predicted octanol–water partition coefficient (Wildman–Crippen LogP) is 5.02.